The van der Waals surface area contributed by atoms with Crippen molar-refractivity contribution in [1.82, 2.24) is 0 Å². The average Bonchev–Trinajstić information content (AvgIpc) is 3.27. The molecule has 1 N–H and O–H groups in total. The molecule has 31 heavy (non-hydrogen) atoms. The highest BCUT2D eigenvalue weighted by Crippen LogP contribution is 2.39. The van der Waals surface area contributed by atoms with Crippen LogP contribution in [0.4, 0.5) is 11.4 Å². The molecule has 2 amide bonds. The molecular weight excluding hydrogens is 475 g/mol. The van der Waals surface area contributed by atoms with Crippen molar-refractivity contribution in [2.75, 3.05) is 10.2 Å². The highest BCUT2D eigenvalue weighted by atomic mass is 35.5. The van der Waals surface area contributed by atoms with Gasteiger partial charge in [0, 0.05) is 18.7 Å². The van der Waals surface area contributed by atoms with E-state index < -0.39 is 0 Å². The van der Waals surface area contributed by atoms with Crippen LogP contribution < -0.4 is 10.2 Å². The number of amides is 2. The van der Waals surface area contributed by atoms with Gasteiger partial charge in [0.25, 0.3) is 5.91 Å². The maximum absolute atomic E-state index is 13.0. The van der Waals surface area contributed by atoms with E-state index in [-0.39, 0.29) is 11.8 Å². The van der Waals surface area contributed by atoms with Crippen LogP contribution in [0.2, 0.25) is 10.0 Å². The van der Waals surface area contributed by atoms with Gasteiger partial charge in [-0.3, -0.25) is 14.5 Å². The molecule has 5 nitrogen and oxygen atoms in total. The summed E-state index contributed by atoms with van der Waals surface area (Å²) >= 11 is 19.1. The second-order valence-corrected chi connectivity index (χ2v) is 9.03. The number of furan rings is 1. The van der Waals surface area contributed by atoms with Crippen LogP contribution in [0.5, 0.6) is 0 Å². The predicted molar refractivity (Wildman–Crippen MR) is 131 cm³/mol. The Bertz CT molecular complexity index is 1220. The lowest BCUT2D eigenvalue weighted by molar-refractivity contribution is -0.114. The molecule has 0 unspecified atom stereocenters. The number of halogens is 2. The van der Waals surface area contributed by atoms with Gasteiger partial charge in [0.15, 0.2) is 4.32 Å². The lowest BCUT2D eigenvalue weighted by Gasteiger charge is -2.15. The summed E-state index contributed by atoms with van der Waals surface area (Å²) in [4.78, 5) is 26.0. The maximum Gasteiger partial charge on any atom is 0.270 e. The van der Waals surface area contributed by atoms with E-state index in [0.717, 1.165) is 0 Å². The number of thiocarbonyl (C=S) groups is 1. The number of carbonyl (C=O) groups excluding carboxylic acids is 2. The fourth-order valence-corrected chi connectivity index (χ4v) is 4.88. The summed E-state index contributed by atoms with van der Waals surface area (Å²) in [7, 11) is 0. The Hall–Kier alpha value is -2.58. The van der Waals surface area contributed by atoms with Gasteiger partial charge in [-0.25, -0.2) is 0 Å². The summed E-state index contributed by atoms with van der Waals surface area (Å²) in [6, 6.07) is 15.6. The quantitative estimate of drug-likeness (QED) is 0.330. The standard InChI is InChI=1S/C22H14Cl2N2O3S2/c1-12(27)25-13-5-7-14(8-6-13)26-21(28)19(31-22(26)30)11-15-9-10-18(29-15)20-16(23)3-2-4-17(20)24/h2-11H,1H3,(H,25,27)/b19-11+. The van der Waals surface area contributed by atoms with E-state index >= 15 is 0 Å². The van der Waals surface area contributed by atoms with Crippen LogP contribution in [0.1, 0.15) is 12.7 Å². The first-order chi connectivity index (χ1) is 14.8. The van der Waals surface area contributed by atoms with Crippen molar-refractivity contribution in [1.29, 1.82) is 0 Å². The minimum Gasteiger partial charge on any atom is -0.457 e. The number of rotatable bonds is 4. The Labute approximate surface area is 198 Å². The van der Waals surface area contributed by atoms with Gasteiger partial charge in [-0.05, 0) is 48.5 Å². The third-order valence-electron chi connectivity index (χ3n) is 4.35. The summed E-state index contributed by atoms with van der Waals surface area (Å²) in [5, 5.41) is 3.64. The molecule has 3 aromatic rings. The first kappa shape index (κ1) is 21.6. The van der Waals surface area contributed by atoms with Crippen molar-refractivity contribution in [3.05, 3.63) is 75.3 Å². The Kier molecular flexibility index (Phi) is 6.20. The Morgan fingerprint density at radius 2 is 1.77 bits per heavy atom. The molecule has 1 aliphatic heterocycles. The number of hydrogen-bond donors (Lipinski definition) is 1. The molecule has 0 spiro atoms. The largest absolute Gasteiger partial charge is 0.457 e. The number of benzene rings is 2. The predicted octanol–water partition coefficient (Wildman–Crippen LogP) is 6.62. The van der Waals surface area contributed by atoms with Crippen LogP contribution in [-0.2, 0) is 9.59 Å². The number of nitrogens with zero attached hydrogens (tertiary/aromatic N) is 1. The summed E-state index contributed by atoms with van der Waals surface area (Å²) in [5.74, 6) is 0.562. The van der Waals surface area contributed by atoms with Gasteiger partial charge in [0.05, 0.1) is 26.2 Å². The van der Waals surface area contributed by atoms with Crippen LogP contribution >= 0.6 is 47.2 Å². The normalized spacial score (nSPS) is 15.1. The molecule has 4 rings (SSSR count). The highest BCUT2D eigenvalue weighted by molar-refractivity contribution is 8.27. The van der Waals surface area contributed by atoms with Crippen LogP contribution in [0.15, 0.2) is 63.9 Å². The molecule has 2 heterocycles. The average molecular weight is 489 g/mol. The van der Waals surface area contributed by atoms with E-state index in [1.54, 1.807) is 60.7 Å². The molecule has 2 aromatic carbocycles. The number of nitrogens with one attached hydrogen (secondary N) is 1. The van der Waals surface area contributed by atoms with Gasteiger partial charge < -0.3 is 9.73 Å². The fraction of sp³-hybridized carbons (Fsp3) is 0.0455. The Morgan fingerprint density at radius 1 is 1.10 bits per heavy atom. The van der Waals surface area contributed by atoms with Crippen molar-refractivity contribution >= 4 is 80.8 Å². The zero-order valence-electron chi connectivity index (χ0n) is 16.0. The minimum atomic E-state index is -0.254. The second-order valence-electron chi connectivity index (χ2n) is 6.54. The topological polar surface area (TPSA) is 62.6 Å². The molecule has 9 heteroatoms. The van der Waals surface area contributed by atoms with Gasteiger partial charge >= 0.3 is 0 Å². The lowest BCUT2D eigenvalue weighted by Crippen LogP contribution is -2.27. The van der Waals surface area contributed by atoms with Gasteiger partial charge in [-0.2, -0.15) is 0 Å². The smallest absolute Gasteiger partial charge is 0.270 e. The van der Waals surface area contributed by atoms with E-state index in [0.29, 0.717) is 47.7 Å². The molecule has 1 aliphatic rings. The van der Waals surface area contributed by atoms with Gasteiger partial charge in [-0.15, -0.1) is 0 Å². The third-order valence-corrected chi connectivity index (χ3v) is 6.28. The molecule has 1 fully saturated rings. The first-order valence-electron chi connectivity index (χ1n) is 9.03. The van der Waals surface area contributed by atoms with Crippen molar-refractivity contribution < 1.29 is 14.0 Å². The van der Waals surface area contributed by atoms with E-state index in [1.807, 2.05) is 0 Å². The first-order valence-corrected chi connectivity index (χ1v) is 11.0. The van der Waals surface area contributed by atoms with Crippen LogP contribution in [0.3, 0.4) is 0 Å². The monoisotopic (exact) mass is 488 g/mol. The third kappa shape index (κ3) is 4.55. The molecule has 0 bridgehead atoms. The van der Waals surface area contributed by atoms with Gasteiger partial charge in [0.2, 0.25) is 5.91 Å². The van der Waals surface area contributed by atoms with Crippen molar-refractivity contribution in [3.63, 3.8) is 0 Å². The molecular formula is C22H14Cl2N2O3S2. The summed E-state index contributed by atoms with van der Waals surface area (Å²) in [5.41, 5.74) is 1.85. The number of carbonyl (C=O) groups is 2. The van der Waals surface area contributed by atoms with Crippen LogP contribution in [0.25, 0.3) is 17.4 Å². The molecule has 0 radical (unpaired) electrons. The molecule has 1 saturated heterocycles. The maximum atomic E-state index is 13.0. The van der Waals surface area contributed by atoms with Gasteiger partial charge in [0.1, 0.15) is 11.5 Å². The molecule has 156 valence electrons. The highest BCUT2D eigenvalue weighted by Gasteiger charge is 2.33. The van der Waals surface area contributed by atoms with Crippen LogP contribution in [0, 0.1) is 0 Å². The SMILES string of the molecule is CC(=O)Nc1ccc(N2C(=O)/C(=C\c3ccc(-c4c(Cl)cccc4Cl)o3)SC2=S)cc1. The van der Waals surface area contributed by atoms with E-state index in [4.69, 9.17) is 39.8 Å². The van der Waals surface area contributed by atoms with E-state index in [2.05, 4.69) is 5.32 Å². The lowest BCUT2D eigenvalue weighted by atomic mass is 10.2. The van der Waals surface area contributed by atoms with E-state index in [9.17, 15) is 9.59 Å². The minimum absolute atomic E-state index is 0.169. The summed E-state index contributed by atoms with van der Waals surface area (Å²) < 4.78 is 6.26. The molecule has 0 atom stereocenters. The number of anilines is 2. The summed E-state index contributed by atoms with van der Waals surface area (Å²) in [6.07, 6.45) is 1.64. The zero-order valence-corrected chi connectivity index (χ0v) is 19.2. The summed E-state index contributed by atoms with van der Waals surface area (Å²) in [6.45, 7) is 1.43. The zero-order chi connectivity index (χ0) is 22.1. The van der Waals surface area contributed by atoms with Gasteiger partial charge in [-0.1, -0.05) is 53.2 Å². The molecule has 0 saturated carbocycles. The fourth-order valence-electron chi connectivity index (χ4n) is 3.01. The van der Waals surface area contributed by atoms with Crippen molar-refractivity contribution in [2.24, 2.45) is 0 Å². The van der Waals surface area contributed by atoms with E-state index in [1.165, 1.54) is 23.6 Å². The van der Waals surface area contributed by atoms with Crippen molar-refractivity contribution in [3.8, 4) is 11.3 Å². The van der Waals surface area contributed by atoms with Crippen LogP contribution in [-0.4, -0.2) is 16.1 Å². The second kappa shape index (κ2) is 8.88. The Balaban J connectivity index is 1.58. The molecule has 1 aromatic heterocycles. The number of thioether (sulfide) groups is 1. The number of hydrogen-bond acceptors (Lipinski definition) is 5. The van der Waals surface area contributed by atoms with Crippen molar-refractivity contribution in [2.45, 2.75) is 6.92 Å². The molecule has 0 aliphatic carbocycles. The Morgan fingerprint density at radius 3 is 2.42 bits per heavy atom.